The van der Waals surface area contributed by atoms with E-state index in [-0.39, 0.29) is 53.7 Å². The first-order valence-corrected chi connectivity index (χ1v) is 25.2. The molecule has 4 aromatic rings. The summed E-state index contributed by atoms with van der Waals surface area (Å²) in [7, 11) is -4.78. The van der Waals surface area contributed by atoms with Crippen LogP contribution in [0.4, 0.5) is 19.0 Å². The molecule has 1 aliphatic rings. The molecule has 0 unspecified atom stereocenters. The van der Waals surface area contributed by atoms with Crippen molar-refractivity contribution in [2.45, 2.75) is 160 Å². The van der Waals surface area contributed by atoms with Crippen LogP contribution in [0.15, 0.2) is 54.9 Å². The Morgan fingerprint density at radius 3 is 2.18 bits per heavy atom. The summed E-state index contributed by atoms with van der Waals surface area (Å²) < 4.78 is 90.0. The summed E-state index contributed by atoms with van der Waals surface area (Å²) in [5, 5.41) is 2.66. The van der Waals surface area contributed by atoms with Gasteiger partial charge in [0.2, 0.25) is 0 Å². The lowest BCUT2D eigenvalue weighted by atomic mass is 9.98. The van der Waals surface area contributed by atoms with Gasteiger partial charge in [-0.3, -0.25) is 18.7 Å². The number of nitrogen functional groups attached to an aromatic ring is 1. The van der Waals surface area contributed by atoms with Crippen molar-refractivity contribution in [3.05, 3.63) is 78.1 Å². The molecule has 0 amide bonds. The van der Waals surface area contributed by atoms with Gasteiger partial charge in [-0.15, -0.1) is 6.42 Å². The summed E-state index contributed by atoms with van der Waals surface area (Å²) in [6.07, 6.45) is 19.8. The second kappa shape index (κ2) is 26.5. The molecule has 366 valence electrons. The van der Waals surface area contributed by atoms with Crippen LogP contribution in [-0.2, 0) is 39.3 Å². The lowest BCUT2D eigenvalue weighted by molar-refractivity contribution is -0.158. The van der Waals surface area contributed by atoms with Crippen LogP contribution in [0.1, 0.15) is 142 Å². The van der Waals surface area contributed by atoms with Crippen LogP contribution in [0.3, 0.4) is 0 Å². The minimum atomic E-state index is -4.78. The summed E-state index contributed by atoms with van der Waals surface area (Å²) >= 11 is 0. The minimum absolute atomic E-state index is 0.0129. The Hall–Kier alpha value is -5.01. The Morgan fingerprint density at radius 1 is 0.940 bits per heavy atom. The highest BCUT2D eigenvalue weighted by molar-refractivity contribution is 7.52. The Kier molecular flexibility index (Phi) is 21.0. The maximum atomic E-state index is 15.1. The Labute approximate surface area is 392 Å². The number of nitrogens with zero attached hydrogens (tertiary/aromatic N) is 4. The average molecular weight is 955 g/mol. The summed E-state index contributed by atoms with van der Waals surface area (Å²) in [5.74, 6) is -0.816. The quantitative estimate of drug-likeness (QED) is 0.0166. The van der Waals surface area contributed by atoms with E-state index < -0.39 is 74.4 Å². The van der Waals surface area contributed by atoms with Crippen LogP contribution in [-0.4, -0.2) is 62.4 Å². The Bertz CT molecular complexity index is 2260. The number of hydrogen-bond acceptors (Lipinski definition) is 12. The van der Waals surface area contributed by atoms with Crippen molar-refractivity contribution < 1.29 is 50.6 Å². The Morgan fingerprint density at radius 2 is 1.57 bits per heavy atom. The molecule has 0 aliphatic carbocycles. The van der Waals surface area contributed by atoms with Crippen LogP contribution < -0.4 is 15.3 Å². The zero-order chi connectivity index (χ0) is 48.2. The molecule has 0 spiro atoms. The largest absolute Gasteiger partial charge is 0.464 e. The molecule has 0 radical (unpaired) electrons. The van der Waals surface area contributed by atoms with E-state index in [1.54, 1.807) is 18.2 Å². The number of para-hydroxylation sites is 1. The molecular weight excluding hydrogens is 889 g/mol. The summed E-state index contributed by atoms with van der Waals surface area (Å²) in [4.78, 5) is 39.0. The van der Waals surface area contributed by atoms with Crippen LogP contribution in [0.2, 0.25) is 0 Å². The lowest BCUT2D eigenvalue weighted by Gasteiger charge is -2.31. The number of carbonyl (C=O) groups is 2. The highest BCUT2D eigenvalue weighted by atomic mass is 31.2. The van der Waals surface area contributed by atoms with Crippen molar-refractivity contribution in [2.75, 3.05) is 18.9 Å². The standard InChI is InChI=1S/C49H66F3N6O8P/c1-5-9-10-11-12-13-14-15-16-17-18-19-23-26-43(59)64-41-31-42(58-34-54-44-45(53)55-48(52)56-46(44)58)65-49(41,8-4)33-63-67(61,66-39-24-21-20-22-25-39)57-40(47(60)62-32-35(6-2)7-3)29-36-27-37(50)30-38(51)28-36/h4,20-22,24-25,27-28,30,34-35,40-42H,5-7,9-19,23,26,29,31-33H2,1-3H3,(H,57,61)(H2,53,55,56)/t40-,41-,42+,49+,67-/m0/s1. The van der Waals surface area contributed by atoms with Crippen molar-refractivity contribution >= 4 is 36.7 Å². The molecule has 5 atom stereocenters. The topological polar surface area (TPSA) is 179 Å². The third-order valence-corrected chi connectivity index (χ3v) is 13.6. The third-order valence-electron chi connectivity index (χ3n) is 12.0. The first-order chi connectivity index (χ1) is 32.3. The number of imidazole rings is 1. The number of fused-ring (bicyclic) bond motifs is 1. The highest BCUT2D eigenvalue weighted by Crippen LogP contribution is 2.49. The number of terminal acetylenes is 1. The maximum Gasteiger partial charge on any atom is 0.459 e. The molecule has 3 N–H and O–H groups in total. The molecule has 1 aliphatic heterocycles. The molecule has 14 nitrogen and oxygen atoms in total. The van der Waals surface area contributed by atoms with E-state index in [1.165, 1.54) is 74.4 Å². The lowest BCUT2D eigenvalue weighted by Crippen LogP contribution is -2.46. The molecule has 67 heavy (non-hydrogen) atoms. The van der Waals surface area contributed by atoms with Gasteiger partial charge in [-0.1, -0.05) is 135 Å². The van der Waals surface area contributed by atoms with Crippen LogP contribution in [0.25, 0.3) is 11.2 Å². The van der Waals surface area contributed by atoms with Crippen LogP contribution in [0.5, 0.6) is 5.75 Å². The number of nitrogens with two attached hydrogens (primary N) is 1. The van der Waals surface area contributed by atoms with Crippen LogP contribution >= 0.6 is 7.75 Å². The predicted octanol–water partition coefficient (Wildman–Crippen LogP) is 10.9. The summed E-state index contributed by atoms with van der Waals surface area (Å²) in [6, 6.07) is 9.16. The van der Waals surface area contributed by atoms with E-state index in [1.807, 2.05) is 13.8 Å². The molecule has 2 aromatic heterocycles. The summed E-state index contributed by atoms with van der Waals surface area (Å²) in [5.41, 5.74) is 4.08. The number of rotatable bonds is 30. The molecule has 18 heteroatoms. The fourth-order valence-electron chi connectivity index (χ4n) is 8.03. The van der Waals surface area contributed by atoms with Gasteiger partial charge in [-0.05, 0) is 48.6 Å². The zero-order valence-corrected chi connectivity index (χ0v) is 39.8. The monoisotopic (exact) mass is 954 g/mol. The second-order valence-corrected chi connectivity index (χ2v) is 18.9. The minimum Gasteiger partial charge on any atom is -0.464 e. The highest BCUT2D eigenvalue weighted by Gasteiger charge is 2.53. The van der Waals surface area contributed by atoms with Crippen LogP contribution in [0, 0.1) is 36.0 Å². The number of ether oxygens (including phenoxy) is 3. The SMILES string of the molecule is C#C[C@]1(CO[P@@](=O)(N[C@@H](Cc2cc(F)cc(F)c2)C(=O)OCC(CC)CC)Oc2ccccc2)O[C@@H](n2cnc3c(N)nc(F)nc32)C[C@@H]1OC(=O)CCCCCCCCCCCCCCC. The van der Waals surface area contributed by atoms with Gasteiger partial charge in [-0.25, -0.2) is 18.3 Å². The van der Waals surface area contributed by atoms with Crippen molar-refractivity contribution in [3.8, 4) is 18.1 Å². The van der Waals surface area contributed by atoms with E-state index in [0.29, 0.717) is 25.3 Å². The molecule has 1 fully saturated rings. The number of aromatic nitrogens is 4. The number of esters is 2. The summed E-state index contributed by atoms with van der Waals surface area (Å²) in [6.45, 7) is 5.38. The molecule has 1 saturated heterocycles. The van der Waals surface area contributed by atoms with Crippen molar-refractivity contribution in [2.24, 2.45) is 5.92 Å². The van der Waals surface area contributed by atoms with E-state index in [9.17, 15) is 22.8 Å². The van der Waals surface area contributed by atoms with Gasteiger partial charge in [0.1, 0.15) is 42.4 Å². The smallest absolute Gasteiger partial charge is 0.459 e. The van der Waals surface area contributed by atoms with Crippen molar-refractivity contribution in [1.29, 1.82) is 0 Å². The second-order valence-electron chi connectivity index (χ2n) is 17.2. The molecule has 3 heterocycles. The van der Waals surface area contributed by atoms with Gasteiger partial charge in [-0.2, -0.15) is 19.4 Å². The molecule has 2 aromatic carbocycles. The van der Waals surface area contributed by atoms with Gasteiger partial charge >= 0.3 is 25.8 Å². The van der Waals surface area contributed by atoms with Gasteiger partial charge in [0, 0.05) is 18.9 Å². The van der Waals surface area contributed by atoms with Crippen molar-refractivity contribution in [3.63, 3.8) is 0 Å². The normalized spacial score (nSPS) is 18.4. The van der Waals surface area contributed by atoms with E-state index >= 15 is 4.57 Å². The fraction of sp³-hybridized carbons (Fsp3) is 0.571. The van der Waals surface area contributed by atoms with Gasteiger partial charge in [0.25, 0.3) is 0 Å². The van der Waals surface area contributed by atoms with Gasteiger partial charge in [0.05, 0.1) is 12.9 Å². The fourth-order valence-corrected chi connectivity index (χ4v) is 9.55. The maximum absolute atomic E-state index is 15.1. The number of halogens is 3. The number of carbonyl (C=O) groups excluding carboxylic acids is 2. The molecule has 5 rings (SSSR count). The molecular formula is C49H66F3N6O8P. The molecule has 0 bridgehead atoms. The van der Waals surface area contributed by atoms with E-state index in [0.717, 1.165) is 37.8 Å². The zero-order valence-electron chi connectivity index (χ0n) is 38.9. The first-order valence-electron chi connectivity index (χ1n) is 23.7. The number of benzene rings is 2. The van der Waals surface area contributed by atoms with Gasteiger partial charge < -0.3 is 24.5 Å². The first kappa shape index (κ1) is 53.0. The average Bonchev–Trinajstić information content (AvgIpc) is 3.89. The molecule has 0 saturated carbocycles. The Balaban J connectivity index is 1.36. The van der Waals surface area contributed by atoms with Gasteiger partial charge in [0.15, 0.2) is 22.6 Å². The van der Waals surface area contributed by atoms with Crippen molar-refractivity contribution in [1.82, 2.24) is 24.6 Å². The predicted molar refractivity (Wildman–Crippen MR) is 249 cm³/mol. The van der Waals surface area contributed by atoms with E-state index in [4.69, 9.17) is 35.4 Å². The number of hydrogen-bond donors (Lipinski definition) is 2. The number of anilines is 1. The number of nitrogens with one attached hydrogen (secondary N) is 1. The number of unbranched alkanes of at least 4 members (excludes halogenated alkanes) is 12. The third kappa shape index (κ3) is 16.1. The van der Waals surface area contributed by atoms with E-state index in [2.05, 4.69) is 32.9 Å².